The quantitative estimate of drug-likeness (QED) is 0.558. The molecular weight excluding hydrogens is 166 g/mol. The van der Waals surface area contributed by atoms with Crippen LogP contribution < -0.4 is 4.72 Å². The van der Waals surface area contributed by atoms with Gasteiger partial charge in [0.15, 0.2) is 0 Å². The van der Waals surface area contributed by atoms with Gasteiger partial charge in [0.1, 0.15) is 0 Å². The van der Waals surface area contributed by atoms with Gasteiger partial charge in [-0.25, -0.2) is 13.1 Å². The Morgan fingerprint density at radius 1 is 1.73 bits per heavy atom. The first-order valence-corrected chi connectivity index (χ1v) is 4.89. The lowest BCUT2D eigenvalue weighted by atomic mass is 10.4. The summed E-state index contributed by atoms with van der Waals surface area (Å²) in [5.41, 5.74) is 0. The van der Waals surface area contributed by atoms with Crippen LogP contribution in [0.3, 0.4) is 0 Å². The molecule has 0 unspecified atom stereocenters. The highest BCUT2D eigenvalue weighted by Gasteiger charge is 2.07. The number of aliphatic hydroxyl groups is 1. The van der Waals surface area contributed by atoms with Gasteiger partial charge in [0.2, 0.25) is 10.0 Å². The molecule has 0 fully saturated rings. The first-order chi connectivity index (χ1) is 4.98. The molecule has 0 aliphatic carbocycles. The lowest BCUT2D eigenvalue weighted by molar-refractivity contribution is 0.198. The van der Waals surface area contributed by atoms with E-state index in [9.17, 15) is 8.42 Å². The average Bonchev–Trinajstić information content (AvgIpc) is 1.84. The fourth-order valence-corrected chi connectivity index (χ4v) is 1.38. The Kier molecular flexibility index (Phi) is 4.32. The van der Waals surface area contributed by atoms with Gasteiger partial charge in [-0.2, -0.15) is 0 Å². The van der Waals surface area contributed by atoms with E-state index >= 15 is 0 Å². The van der Waals surface area contributed by atoms with Crippen molar-refractivity contribution in [3.63, 3.8) is 0 Å². The van der Waals surface area contributed by atoms with Crippen LogP contribution in [0.25, 0.3) is 0 Å². The van der Waals surface area contributed by atoms with E-state index in [1.54, 1.807) is 0 Å². The smallest absolute Gasteiger partial charge is 0.215 e. The van der Waals surface area contributed by atoms with E-state index in [4.69, 9.17) is 5.11 Å². The van der Waals surface area contributed by atoms with E-state index in [0.717, 1.165) is 0 Å². The molecule has 0 radical (unpaired) electrons. The van der Waals surface area contributed by atoms with Crippen molar-refractivity contribution in [3.05, 3.63) is 12.7 Å². The molecular formula is C6H13NO3S. The Morgan fingerprint density at radius 3 is 2.64 bits per heavy atom. The van der Waals surface area contributed by atoms with Crippen LogP contribution >= 0.6 is 0 Å². The van der Waals surface area contributed by atoms with E-state index in [2.05, 4.69) is 11.3 Å². The van der Waals surface area contributed by atoms with Crippen molar-refractivity contribution in [3.8, 4) is 0 Å². The number of sulfonamides is 1. The van der Waals surface area contributed by atoms with Gasteiger partial charge in [0.05, 0.1) is 11.9 Å². The van der Waals surface area contributed by atoms with Crippen molar-refractivity contribution in [2.75, 3.05) is 12.3 Å². The summed E-state index contributed by atoms with van der Waals surface area (Å²) in [4.78, 5) is 0. The summed E-state index contributed by atoms with van der Waals surface area (Å²) in [5, 5.41) is 8.73. The number of aliphatic hydroxyl groups excluding tert-OH is 1. The third kappa shape index (κ3) is 6.03. The zero-order chi connectivity index (χ0) is 8.91. The summed E-state index contributed by atoms with van der Waals surface area (Å²) in [7, 11) is -3.25. The van der Waals surface area contributed by atoms with Crippen molar-refractivity contribution >= 4 is 10.0 Å². The van der Waals surface area contributed by atoms with Crippen LogP contribution in [0.15, 0.2) is 12.7 Å². The minimum atomic E-state index is -3.25. The van der Waals surface area contributed by atoms with E-state index < -0.39 is 16.1 Å². The number of rotatable bonds is 5. The Hall–Kier alpha value is -0.390. The fraction of sp³-hybridized carbons (Fsp3) is 0.667. The molecule has 2 N–H and O–H groups in total. The molecule has 0 heterocycles. The maximum Gasteiger partial charge on any atom is 0.215 e. The van der Waals surface area contributed by atoms with E-state index in [1.807, 2.05) is 0 Å². The van der Waals surface area contributed by atoms with Crippen LogP contribution in [-0.2, 0) is 10.0 Å². The van der Waals surface area contributed by atoms with Gasteiger partial charge in [-0.15, -0.1) is 6.58 Å². The summed E-state index contributed by atoms with van der Waals surface area (Å²) in [6.07, 6.45) is 0.638. The molecule has 0 aromatic heterocycles. The number of hydrogen-bond donors (Lipinski definition) is 2. The van der Waals surface area contributed by atoms with Crippen molar-refractivity contribution in [2.24, 2.45) is 0 Å². The molecule has 0 saturated carbocycles. The van der Waals surface area contributed by atoms with Crippen LogP contribution in [0, 0.1) is 0 Å². The average molecular weight is 179 g/mol. The van der Waals surface area contributed by atoms with Crippen LogP contribution in [0.4, 0.5) is 0 Å². The third-order valence-electron chi connectivity index (χ3n) is 0.936. The van der Waals surface area contributed by atoms with Gasteiger partial charge in [-0.1, -0.05) is 6.08 Å². The molecule has 4 nitrogen and oxygen atoms in total. The molecule has 0 spiro atoms. The fourth-order valence-electron chi connectivity index (χ4n) is 0.462. The summed E-state index contributed by atoms with van der Waals surface area (Å²) in [6, 6.07) is 0. The predicted molar refractivity (Wildman–Crippen MR) is 43.7 cm³/mol. The molecule has 66 valence electrons. The first-order valence-electron chi connectivity index (χ1n) is 3.24. The predicted octanol–water partition coefficient (Wildman–Crippen LogP) is -0.527. The molecule has 0 rings (SSSR count). The van der Waals surface area contributed by atoms with Crippen LogP contribution in [0.5, 0.6) is 0 Å². The monoisotopic (exact) mass is 179 g/mol. The summed E-state index contributed by atoms with van der Waals surface area (Å²) in [5.74, 6) is -0.111. The minimum Gasteiger partial charge on any atom is -0.392 e. The second kappa shape index (κ2) is 4.48. The van der Waals surface area contributed by atoms with Crippen molar-refractivity contribution in [1.82, 2.24) is 4.72 Å². The van der Waals surface area contributed by atoms with Gasteiger partial charge >= 0.3 is 0 Å². The van der Waals surface area contributed by atoms with Crippen LogP contribution in [0.1, 0.15) is 6.92 Å². The maximum atomic E-state index is 10.8. The topological polar surface area (TPSA) is 66.4 Å². The SMILES string of the molecule is C=CCS(=O)(=O)NC[C@@H](C)O. The molecule has 11 heavy (non-hydrogen) atoms. The molecule has 0 amide bonds. The maximum absolute atomic E-state index is 10.8. The number of hydrogen-bond acceptors (Lipinski definition) is 3. The highest BCUT2D eigenvalue weighted by Crippen LogP contribution is 1.85. The van der Waals surface area contributed by atoms with Crippen molar-refractivity contribution < 1.29 is 13.5 Å². The molecule has 5 heteroatoms. The van der Waals surface area contributed by atoms with E-state index in [1.165, 1.54) is 13.0 Å². The third-order valence-corrected chi connectivity index (χ3v) is 2.22. The van der Waals surface area contributed by atoms with Gasteiger partial charge in [-0.3, -0.25) is 0 Å². The zero-order valence-corrected chi connectivity index (χ0v) is 7.26. The Labute approximate surface area is 67.0 Å². The lowest BCUT2D eigenvalue weighted by Crippen LogP contribution is -2.31. The standard InChI is InChI=1S/C6H13NO3S/c1-3-4-11(9,10)7-5-6(2)8/h3,6-8H,1,4-5H2,2H3/t6-/m1/s1. The highest BCUT2D eigenvalue weighted by atomic mass is 32.2. The molecule has 0 saturated heterocycles. The van der Waals surface area contributed by atoms with Crippen molar-refractivity contribution in [2.45, 2.75) is 13.0 Å². The molecule has 0 aliphatic rings. The Morgan fingerprint density at radius 2 is 2.27 bits per heavy atom. The first kappa shape index (κ1) is 10.6. The van der Waals surface area contributed by atoms with E-state index in [0.29, 0.717) is 0 Å². The summed E-state index contributed by atoms with van der Waals surface area (Å²) in [6.45, 7) is 4.85. The normalized spacial score (nSPS) is 14.4. The molecule has 0 aromatic rings. The Balaban J connectivity index is 3.83. The minimum absolute atomic E-state index is 0.0518. The summed E-state index contributed by atoms with van der Waals surface area (Å²) >= 11 is 0. The highest BCUT2D eigenvalue weighted by molar-refractivity contribution is 7.89. The second-order valence-electron chi connectivity index (χ2n) is 2.27. The molecule has 0 aromatic carbocycles. The second-order valence-corrected chi connectivity index (χ2v) is 4.12. The lowest BCUT2D eigenvalue weighted by Gasteiger charge is -2.05. The summed E-state index contributed by atoms with van der Waals surface area (Å²) < 4.78 is 23.9. The molecule has 0 bridgehead atoms. The zero-order valence-electron chi connectivity index (χ0n) is 6.45. The van der Waals surface area contributed by atoms with E-state index in [-0.39, 0.29) is 12.3 Å². The van der Waals surface area contributed by atoms with Crippen LogP contribution in [0.2, 0.25) is 0 Å². The number of nitrogens with one attached hydrogen (secondary N) is 1. The van der Waals surface area contributed by atoms with Gasteiger partial charge in [-0.05, 0) is 6.92 Å². The molecule has 0 aliphatic heterocycles. The van der Waals surface area contributed by atoms with Crippen molar-refractivity contribution in [1.29, 1.82) is 0 Å². The Bertz CT molecular complexity index is 208. The van der Waals surface area contributed by atoms with Crippen LogP contribution in [-0.4, -0.2) is 31.9 Å². The van der Waals surface area contributed by atoms with Gasteiger partial charge < -0.3 is 5.11 Å². The van der Waals surface area contributed by atoms with Gasteiger partial charge in [0, 0.05) is 6.54 Å². The van der Waals surface area contributed by atoms with Gasteiger partial charge in [0.25, 0.3) is 0 Å². The molecule has 1 atom stereocenters. The largest absolute Gasteiger partial charge is 0.392 e.